The molecule has 4 aliphatic rings. The molecule has 2 atom stereocenters. The maximum absolute atomic E-state index is 13.9. The Balaban J connectivity index is 1.43. The van der Waals surface area contributed by atoms with Crippen molar-refractivity contribution in [1.82, 2.24) is 10.2 Å². The first-order valence-corrected chi connectivity index (χ1v) is 8.58. The molecule has 5 nitrogen and oxygen atoms in total. The number of fused-ring (bicyclic) bond motifs is 3. The molecule has 6 heteroatoms. The molecule has 1 aromatic carbocycles. The van der Waals surface area contributed by atoms with Crippen LogP contribution in [0.3, 0.4) is 0 Å². The molecule has 1 N–H and O–H groups in total. The van der Waals surface area contributed by atoms with E-state index in [0.717, 1.165) is 32.5 Å². The number of nitrogens with one attached hydrogen (secondary N) is 1. The fourth-order valence-corrected chi connectivity index (χ4v) is 3.95. The normalized spacial score (nSPS) is 34.6. The number of hydrogen-bond donors (Lipinski definition) is 1. The van der Waals surface area contributed by atoms with Gasteiger partial charge in [0.25, 0.3) is 5.91 Å². The van der Waals surface area contributed by atoms with Crippen LogP contribution in [0, 0.1) is 11.7 Å². The van der Waals surface area contributed by atoms with Gasteiger partial charge in [0.05, 0.1) is 5.71 Å². The van der Waals surface area contributed by atoms with Gasteiger partial charge in [0, 0.05) is 24.6 Å². The summed E-state index contributed by atoms with van der Waals surface area (Å²) in [5, 5.41) is 7.13. The largest absolute Gasteiger partial charge is 0.379 e. The minimum Gasteiger partial charge on any atom is -0.379 e. The van der Waals surface area contributed by atoms with Gasteiger partial charge in [-0.3, -0.25) is 4.79 Å². The molecule has 0 saturated carbocycles. The smallest absolute Gasteiger partial charge is 0.267 e. The molecule has 0 aliphatic carbocycles. The van der Waals surface area contributed by atoms with Gasteiger partial charge in [0.15, 0.2) is 0 Å². The quantitative estimate of drug-likeness (QED) is 0.921. The molecular formula is C18H22FN3O2. The van der Waals surface area contributed by atoms with E-state index < -0.39 is 5.60 Å². The van der Waals surface area contributed by atoms with Crippen molar-refractivity contribution in [3.8, 4) is 0 Å². The average molecular weight is 331 g/mol. The van der Waals surface area contributed by atoms with Crippen LogP contribution in [-0.4, -0.2) is 47.8 Å². The summed E-state index contributed by atoms with van der Waals surface area (Å²) in [6.07, 6.45) is 2.56. The number of rotatable bonds is 3. The summed E-state index contributed by atoms with van der Waals surface area (Å²) in [4.78, 5) is 20.6. The van der Waals surface area contributed by atoms with Crippen LogP contribution in [-0.2, 0) is 9.63 Å². The highest BCUT2D eigenvalue weighted by Gasteiger charge is 2.45. The molecule has 4 heterocycles. The van der Waals surface area contributed by atoms with Crippen molar-refractivity contribution in [2.24, 2.45) is 11.1 Å². The summed E-state index contributed by atoms with van der Waals surface area (Å²) in [5.41, 5.74) is -0.180. The summed E-state index contributed by atoms with van der Waals surface area (Å²) >= 11 is 0. The second kappa shape index (κ2) is 5.84. The van der Waals surface area contributed by atoms with Crippen molar-refractivity contribution in [1.29, 1.82) is 0 Å². The molecule has 3 saturated heterocycles. The van der Waals surface area contributed by atoms with Crippen LogP contribution < -0.4 is 5.32 Å². The van der Waals surface area contributed by atoms with Crippen molar-refractivity contribution in [3.05, 3.63) is 35.6 Å². The van der Waals surface area contributed by atoms with E-state index in [1.54, 1.807) is 25.1 Å². The van der Waals surface area contributed by atoms with Crippen molar-refractivity contribution in [2.75, 3.05) is 19.6 Å². The third kappa shape index (κ3) is 2.69. The highest BCUT2D eigenvalue weighted by Crippen LogP contribution is 2.31. The maximum atomic E-state index is 13.9. The number of oxime groups is 1. The van der Waals surface area contributed by atoms with E-state index in [-0.39, 0.29) is 24.2 Å². The van der Waals surface area contributed by atoms with E-state index in [0.29, 0.717) is 17.2 Å². The van der Waals surface area contributed by atoms with Crippen molar-refractivity contribution < 1.29 is 14.0 Å². The van der Waals surface area contributed by atoms with Gasteiger partial charge in [0.2, 0.25) is 5.60 Å². The lowest BCUT2D eigenvalue weighted by molar-refractivity contribution is -0.143. The summed E-state index contributed by atoms with van der Waals surface area (Å²) in [7, 11) is 0. The second-order valence-electron chi connectivity index (χ2n) is 7.23. The summed E-state index contributed by atoms with van der Waals surface area (Å²) in [5.74, 6) is 0.0501. The van der Waals surface area contributed by atoms with Gasteiger partial charge in [-0.05, 0) is 44.8 Å². The molecule has 24 heavy (non-hydrogen) atoms. The van der Waals surface area contributed by atoms with Crippen LogP contribution in [0.5, 0.6) is 0 Å². The zero-order valence-electron chi connectivity index (χ0n) is 13.8. The van der Waals surface area contributed by atoms with Gasteiger partial charge in [-0.1, -0.05) is 23.4 Å². The molecule has 2 unspecified atom stereocenters. The molecule has 0 aromatic heterocycles. The van der Waals surface area contributed by atoms with Crippen molar-refractivity contribution in [3.63, 3.8) is 0 Å². The SMILES string of the molecule is CC1(C(=O)NC2CN3CCC2CC3)CC(c2ccccc2F)=NO1. The average Bonchev–Trinajstić information content (AvgIpc) is 3.00. The zero-order chi connectivity index (χ0) is 16.7. The Morgan fingerprint density at radius 3 is 2.79 bits per heavy atom. The van der Waals surface area contributed by atoms with Gasteiger partial charge in [-0.15, -0.1) is 0 Å². The van der Waals surface area contributed by atoms with Gasteiger partial charge >= 0.3 is 0 Å². The Morgan fingerprint density at radius 1 is 1.38 bits per heavy atom. The Morgan fingerprint density at radius 2 is 2.12 bits per heavy atom. The van der Waals surface area contributed by atoms with E-state index in [1.807, 2.05) is 0 Å². The fourth-order valence-electron chi connectivity index (χ4n) is 3.95. The third-order valence-corrected chi connectivity index (χ3v) is 5.50. The number of piperidine rings is 3. The van der Waals surface area contributed by atoms with Gasteiger partial charge in [0.1, 0.15) is 5.82 Å². The highest BCUT2D eigenvalue weighted by molar-refractivity contribution is 6.05. The number of nitrogens with zero attached hydrogens (tertiary/aromatic N) is 2. The molecule has 1 amide bonds. The first-order chi connectivity index (χ1) is 11.5. The predicted octanol–water partition coefficient (Wildman–Crippen LogP) is 1.92. The van der Waals surface area contributed by atoms with E-state index in [1.165, 1.54) is 6.07 Å². The van der Waals surface area contributed by atoms with Crippen LogP contribution in [0.15, 0.2) is 29.4 Å². The highest BCUT2D eigenvalue weighted by atomic mass is 19.1. The first kappa shape index (κ1) is 15.6. The van der Waals surface area contributed by atoms with Gasteiger partial charge in [-0.25, -0.2) is 4.39 Å². The van der Waals surface area contributed by atoms with E-state index in [4.69, 9.17) is 4.84 Å². The lowest BCUT2D eigenvalue weighted by Gasteiger charge is -2.45. The van der Waals surface area contributed by atoms with Crippen LogP contribution in [0.2, 0.25) is 0 Å². The summed E-state index contributed by atoms with van der Waals surface area (Å²) in [6.45, 7) is 4.89. The minimum absolute atomic E-state index is 0.156. The predicted molar refractivity (Wildman–Crippen MR) is 88.1 cm³/mol. The van der Waals surface area contributed by atoms with E-state index >= 15 is 0 Å². The lowest BCUT2D eigenvalue weighted by atomic mass is 9.83. The van der Waals surface area contributed by atoms with Crippen LogP contribution >= 0.6 is 0 Å². The van der Waals surface area contributed by atoms with Gasteiger partial charge < -0.3 is 15.1 Å². The molecule has 1 aromatic rings. The Kier molecular flexibility index (Phi) is 3.79. The molecule has 128 valence electrons. The first-order valence-electron chi connectivity index (χ1n) is 8.58. The third-order valence-electron chi connectivity index (χ3n) is 5.50. The summed E-state index contributed by atoms with van der Waals surface area (Å²) in [6, 6.07) is 6.62. The molecular weight excluding hydrogens is 309 g/mol. The maximum Gasteiger partial charge on any atom is 0.267 e. The second-order valence-corrected chi connectivity index (χ2v) is 7.23. The topological polar surface area (TPSA) is 53.9 Å². The van der Waals surface area contributed by atoms with Crippen LogP contribution in [0.4, 0.5) is 4.39 Å². The monoisotopic (exact) mass is 331 g/mol. The molecule has 4 aliphatic heterocycles. The van der Waals surface area contributed by atoms with Gasteiger partial charge in [-0.2, -0.15) is 0 Å². The standard InChI is InChI=1S/C18H22FN3O2/c1-18(10-15(21-24-18)13-4-2-3-5-14(13)19)17(23)20-16-11-22-8-6-12(16)7-9-22/h2-5,12,16H,6-11H2,1H3,(H,20,23). The Bertz CT molecular complexity index is 685. The minimum atomic E-state index is -1.07. The zero-order valence-corrected chi connectivity index (χ0v) is 13.8. The number of benzene rings is 1. The number of amides is 1. The lowest BCUT2D eigenvalue weighted by Crippen LogP contribution is -2.60. The van der Waals surface area contributed by atoms with E-state index in [2.05, 4.69) is 15.4 Å². The fraction of sp³-hybridized carbons (Fsp3) is 0.556. The number of halogens is 1. The van der Waals surface area contributed by atoms with Crippen LogP contribution in [0.25, 0.3) is 0 Å². The van der Waals surface area contributed by atoms with Crippen molar-refractivity contribution in [2.45, 2.75) is 37.8 Å². The van der Waals surface area contributed by atoms with Crippen molar-refractivity contribution >= 4 is 11.6 Å². The summed E-state index contributed by atoms with van der Waals surface area (Å²) < 4.78 is 13.9. The molecule has 0 radical (unpaired) electrons. The molecule has 3 fully saturated rings. The molecule has 2 bridgehead atoms. The van der Waals surface area contributed by atoms with Crippen LogP contribution in [0.1, 0.15) is 31.7 Å². The Hall–Kier alpha value is -1.95. The molecule has 0 spiro atoms. The number of carbonyl (C=O) groups is 1. The molecule has 5 rings (SSSR count). The number of hydrogen-bond acceptors (Lipinski definition) is 4. The Labute approximate surface area is 140 Å². The number of carbonyl (C=O) groups excluding carboxylic acids is 1. The van der Waals surface area contributed by atoms with E-state index in [9.17, 15) is 9.18 Å².